The molecule has 114 valence electrons. The molecule has 3 rings (SSSR count). The van der Waals surface area contributed by atoms with E-state index in [2.05, 4.69) is 26.1 Å². The molecular weight excluding hydrogens is 352 g/mol. The largest absolute Gasteiger partial charge is 0.335 e. The van der Waals surface area contributed by atoms with Crippen molar-refractivity contribution in [3.63, 3.8) is 0 Å². The Kier molecular flexibility index (Phi) is 4.87. The molecule has 5 heteroatoms. The summed E-state index contributed by atoms with van der Waals surface area (Å²) in [7, 11) is 0. The fourth-order valence-corrected chi connectivity index (χ4v) is 3.81. The summed E-state index contributed by atoms with van der Waals surface area (Å²) in [5.74, 6) is 0.709. The molecule has 0 spiro atoms. The van der Waals surface area contributed by atoms with Gasteiger partial charge in [-0.05, 0) is 78.8 Å². The average Bonchev–Trinajstić information content (AvgIpc) is 3.30. The summed E-state index contributed by atoms with van der Waals surface area (Å²) in [4.78, 5) is 14.9. The predicted molar refractivity (Wildman–Crippen MR) is 88.8 cm³/mol. The number of nitrogens with one attached hydrogen (secondary N) is 1. The molecule has 0 radical (unpaired) electrons. The van der Waals surface area contributed by atoms with E-state index in [0.717, 1.165) is 42.5 Å². The molecule has 21 heavy (non-hydrogen) atoms. The standard InChI is InChI=1S/C16H20BrClN2O/c17-15-8-12(18)3-6-14(15)16(21)20(13-4-5-13)10-11-2-1-7-19-9-11/h3,6,8,11,13,19H,1-2,4-5,7,9-10H2. The Labute approximate surface area is 139 Å². The third-order valence-corrected chi connectivity index (χ3v) is 5.16. The third kappa shape index (κ3) is 3.79. The van der Waals surface area contributed by atoms with Crippen molar-refractivity contribution >= 4 is 33.4 Å². The molecule has 1 amide bonds. The van der Waals surface area contributed by atoms with Crippen LogP contribution >= 0.6 is 27.5 Å². The minimum atomic E-state index is 0.131. The van der Waals surface area contributed by atoms with Crippen molar-refractivity contribution < 1.29 is 4.79 Å². The molecule has 1 aliphatic heterocycles. The van der Waals surface area contributed by atoms with E-state index in [9.17, 15) is 4.79 Å². The normalized spacial score (nSPS) is 22.1. The van der Waals surface area contributed by atoms with E-state index in [0.29, 0.717) is 17.0 Å². The Balaban J connectivity index is 1.75. The van der Waals surface area contributed by atoms with Crippen LogP contribution in [0.1, 0.15) is 36.0 Å². The minimum Gasteiger partial charge on any atom is -0.335 e. The lowest BCUT2D eigenvalue weighted by Gasteiger charge is -2.30. The van der Waals surface area contributed by atoms with Gasteiger partial charge in [-0.2, -0.15) is 0 Å². The van der Waals surface area contributed by atoms with Gasteiger partial charge in [-0.1, -0.05) is 11.6 Å². The van der Waals surface area contributed by atoms with Crippen LogP contribution in [0.2, 0.25) is 5.02 Å². The van der Waals surface area contributed by atoms with E-state index < -0.39 is 0 Å². The molecule has 1 aliphatic carbocycles. The molecule has 2 aliphatic rings. The number of carbonyl (C=O) groups is 1. The van der Waals surface area contributed by atoms with Gasteiger partial charge in [0.1, 0.15) is 0 Å². The predicted octanol–water partition coefficient (Wildman–Crippen LogP) is 3.71. The summed E-state index contributed by atoms with van der Waals surface area (Å²) in [5.41, 5.74) is 0.718. The Morgan fingerprint density at radius 3 is 2.81 bits per heavy atom. The van der Waals surface area contributed by atoms with E-state index in [1.165, 1.54) is 12.8 Å². The zero-order valence-corrected chi connectivity index (χ0v) is 14.3. The fraction of sp³-hybridized carbons (Fsp3) is 0.562. The van der Waals surface area contributed by atoms with Crippen LogP contribution in [0.5, 0.6) is 0 Å². The SMILES string of the molecule is O=C(c1ccc(Cl)cc1Br)N(CC1CCCNC1)C1CC1. The molecule has 1 atom stereocenters. The molecule has 1 saturated heterocycles. The van der Waals surface area contributed by atoms with Gasteiger partial charge in [0.25, 0.3) is 5.91 Å². The zero-order chi connectivity index (χ0) is 14.8. The highest BCUT2D eigenvalue weighted by Crippen LogP contribution is 2.32. The number of benzene rings is 1. The molecule has 1 aromatic rings. The van der Waals surface area contributed by atoms with Crippen molar-refractivity contribution in [1.29, 1.82) is 0 Å². The van der Waals surface area contributed by atoms with E-state index in [1.807, 2.05) is 6.07 Å². The Morgan fingerprint density at radius 2 is 2.19 bits per heavy atom. The average molecular weight is 372 g/mol. The Hall–Kier alpha value is -0.580. The van der Waals surface area contributed by atoms with Crippen molar-refractivity contribution in [3.05, 3.63) is 33.3 Å². The van der Waals surface area contributed by atoms with Gasteiger partial charge in [0.2, 0.25) is 0 Å². The first kappa shape index (κ1) is 15.3. The van der Waals surface area contributed by atoms with Crippen LogP contribution in [0.25, 0.3) is 0 Å². The molecule has 0 aromatic heterocycles. The van der Waals surface area contributed by atoms with E-state index in [1.54, 1.807) is 12.1 Å². The van der Waals surface area contributed by atoms with Crippen LogP contribution < -0.4 is 5.32 Å². The van der Waals surface area contributed by atoms with E-state index in [-0.39, 0.29) is 5.91 Å². The number of nitrogens with zero attached hydrogens (tertiary/aromatic N) is 1. The van der Waals surface area contributed by atoms with Gasteiger partial charge >= 0.3 is 0 Å². The van der Waals surface area contributed by atoms with Crippen LogP contribution in [-0.2, 0) is 0 Å². The van der Waals surface area contributed by atoms with Gasteiger partial charge < -0.3 is 10.2 Å². The maximum Gasteiger partial charge on any atom is 0.255 e. The molecule has 1 saturated carbocycles. The first-order valence-corrected chi connectivity index (χ1v) is 8.79. The summed E-state index contributed by atoms with van der Waals surface area (Å²) >= 11 is 9.44. The van der Waals surface area contributed by atoms with E-state index in [4.69, 9.17) is 11.6 Å². The number of hydrogen-bond acceptors (Lipinski definition) is 2. The van der Waals surface area contributed by atoms with Crippen molar-refractivity contribution in [2.45, 2.75) is 31.7 Å². The summed E-state index contributed by atoms with van der Waals surface area (Å²) in [6.07, 6.45) is 4.70. The highest BCUT2D eigenvalue weighted by Gasteiger charge is 2.35. The molecule has 0 bridgehead atoms. The molecule has 3 nitrogen and oxygen atoms in total. The van der Waals surface area contributed by atoms with E-state index >= 15 is 0 Å². The number of rotatable bonds is 4. The second kappa shape index (κ2) is 6.67. The van der Waals surface area contributed by atoms with Crippen molar-refractivity contribution in [2.24, 2.45) is 5.92 Å². The van der Waals surface area contributed by atoms with Crippen LogP contribution in [0, 0.1) is 5.92 Å². The van der Waals surface area contributed by atoms with Crippen molar-refractivity contribution in [3.8, 4) is 0 Å². The summed E-state index contributed by atoms with van der Waals surface area (Å²) in [6.45, 7) is 3.00. The lowest BCUT2D eigenvalue weighted by molar-refractivity contribution is 0.0703. The fourth-order valence-electron chi connectivity index (χ4n) is 2.96. The zero-order valence-electron chi connectivity index (χ0n) is 11.9. The molecular formula is C16H20BrClN2O. The number of carbonyl (C=O) groups excluding carboxylic acids is 1. The summed E-state index contributed by atoms with van der Waals surface area (Å²) in [5, 5.41) is 4.08. The number of hydrogen-bond donors (Lipinski definition) is 1. The molecule has 1 aromatic carbocycles. The van der Waals surface area contributed by atoms with Gasteiger partial charge in [0.05, 0.1) is 5.56 Å². The van der Waals surface area contributed by atoms with Gasteiger partial charge in [0, 0.05) is 22.1 Å². The van der Waals surface area contributed by atoms with Crippen molar-refractivity contribution in [2.75, 3.05) is 19.6 Å². The van der Waals surface area contributed by atoms with Crippen LogP contribution in [0.3, 0.4) is 0 Å². The first-order valence-electron chi connectivity index (χ1n) is 7.62. The number of halogens is 2. The van der Waals surface area contributed by atoms with Gasteiger partial charge in [-0.25, -0.2) is 0 Å². The summed E-state index contributed by atoms with van der Waals surface area (Å²) in [6, 6.07) is 5.83. The second-order valence-electron chi connectivity index (χ2n) is 6.03. The smallest absolute Gasteiger partial charge is 0.255 e. The topological polar surface area (TPSA) is 32.3 Å². The van der Waals surface area contributed by atoms with Gasteiger partial charge in [-0.15, -0.1) is 0 Å². The Bertz CT molecular complexity index is 527. The number of piperidine rings is 1. The van der Waals surface area contributed by atoms with Crippen LogP contribution in [-0.4, -0.2) is 36.5 Å². The van der Waals surface area contributed by atoms with Crippen LogP contribution in [0.4, 0.5) is 0 Å². The second-order valence-corrected chi connectivity index (χ2v) is 7.32. The van der Waals surface area contributed by atoms with Crippen LogP contribution in [0.15, 0.2) is 22.7 Å². The maximum atomic E-state index is 12.9. The maximum absolute atomic E-state index is 12.9. The lowest BCUT2D eigenvalue weighted by Crippen LogP contribution is -2.42. The third-order valence-electron chi connectivity index (χ3n) is 4.26. The Morgan fingerprint density at radius 1 is 1.38 bits per heavy atom. The molecule has 1 N–H and O–H groups in total. The summed E-state index contributed by atoms with van der Waals surface area (Å²) < 4.78 is 0.785. The molecule has 2 fully saturated rings. The van der Waals surface area contributed by atoms with Gasteiger partial charge in [-0.3, -0.25) is 4.79 Å². The minimum absolute atomic E-state index is 0.131. The molecule has 1 heterocycles. The highest BCUT2D eigenvalue weighted by molar-refractivity contribution is 9.10. The monoisotopic (exact) mass is 370 g/mol. The van der Waals surface area contributed by atoms with Crippen molar-refractivity contribution in [1.82, 2.24) is 10.2 Å². The number of amides is 1. The first-order chi connectivity index (χ1) is 10.1. The molecule has 1 unspecified atom stereocenters. The lowest BCUT2D eigenvalue weighted by atomic mass is 9.98. The quantitative estimate of drug-likeness (QED) is 0.875. The highest BCUT2D eigenvalue weighted by atomic mass is 79.9. The van der Waals surface area contributed by atoms with Gasteiger partial charge in [0.15, 0.2) is 0 Å².